The van der Waals surface area contributed by atoms with Gasteiger partial charge in [0.1, 0.15) is 11.8 Å². The lowest BCUT2D eigenvalue weighted by Crippen LogP contribution is -2.41. The molecule has 0 aliphatic heterocycles. The highest BCUT2D eigenvalue weighted by Crippen LogP contribution is 2.15. The van der Waals surface area contributed by atoms with E-state index in [0.29, 0.717) is 12.4 Å². The molecule has 144 valence electrons. The van der Waals surface area contributed by atoms with Gasteiger partial charge in [-0.15, -0.1) is 0 Å². The van der Waals surface area contributed by atoms with E-state index in [1.54, 1.807) is 31.2 Å². The third kappa shape index (κ3) is 7.24. The molecule has 0 aliphatic carbocycles. The number of benzene rings is 1. The topological polar surface area (TPSA) is 122 Å². The van der Waals surface area contributed by atoms with Crippen molar-refractivity contribution in [2.24, 2.45) is 0 Å². The molecule has 0 aliphatic rings. The molecule has 0 radical (unpaired) electrons. The number of allylic oxidation sites excluding steroid dienone is 1. The number of amides is 1. The average molecular weight is 384 g/mol. The molecule has 3 N–H and O–H groups in total. The molecule has 0 bridgehead atoms. The van der Waals surface area contributed by atoms with Crippen LogP contribution in [0.3, 0.4) is 0 Å². The van der Waals surface area contributed by atoms with E-state index >= 15 is 0 Å². The standard InChI is InChI=1S/C17H24N2O6S/c1-3-5-6-15(17(21)22)19-16(20)11-12-18-26(23,24)14-9-7-13(8-10-14)25-4-2/h3,5,7-10,15,18H,4,6,11-12H2,1-2H3,(H,19,20)(H,21,22)/b5-3+. The van der Waals surface area contributed by atoms with Crippen LogP contribution in [-0.4, -0.2) is 44.6 Å². The van der Waals surface area contributed by atoms with Crippen LogP contribution < -0.4 is 14.8 Å². The third-order valence-electron chi connectivity index (χ3n) is 3.33. The highest BCUT2D eigenvalue weighted by molar-refractivity contribution is 7.89. The van der Waals surface area contributed by atoms with Gasteiger partial charge in [-0.3, -0.25) is 4.79 Å². The first kappa shape index (κ1) is 21.7. The Bertz CT molecular complexity index is 728. The van der Waals surface area contributed by atoms with E-state index in [-0.39, 0.29) is 24.3 Å². The lowest BCUT2D eigenvalue weighted by atomic mass is 10.2. The van der Waals surface area contributed by atoms with E-state index in [9.17, 15) is 18.0 Å². The van der Waals surface area contributed by atoms with Crippen molar-refractivity contribution in [1.82, 2.24) is 10.0 Å². The number of aliphatic carboxylic acids is 1. The van der Waals surface area contributed by atoms with Gasteiger partial charge in [-0.25, -0.2) is 17.9 Å². The van der Waals surface area contributed by atoms with E-state index < -0.39 is 27.9 Å². The maximum atomic E-state index is 12.2. The number of sulfonamides is 1. The molecule has 1 amide bonds. The van der Waals surface area contributed by atoms with Crippen molar-refractivity contribution >= 4 is 21.9 Å². The number of carboxylic acid groups (broad SMARTS) is 1. The van der Waals surface area contributed by atoms with Crippen LogP contribution in [0.5, 0.6) is 5.75 Å². The fraction of sp³-hybridized carbons (Fsp3) is 0.412. The SMILES string of the molecule is C/C=C/CC(NC(=O)CCNS(=O)(=O)c1ccc(OCC)cc1)C(=O)O. The number of carbonyl (C=O) groups is 2. The van der Waals surface area contributed by atoms with Crippen molar-refractivity contribution in [1.29, 1.82) is 0 Å². The number of carboxylic acids is 1. The fourth-order valence-corrected chi connectivity index (χ4v) is 3.06. The largest absolute Gasteiger partial charge is 0.494 e. The van der Waals surface area contributed by atoms with Crippen LogP contribution in [0.4, 0.5) is 0 Å². The first-order chi connectivity index (χ1) is 12.3. The molecule has 0 spiro atoms. The number of nitrogens with one attached hydrogen (secondary N) is 2. The smallest absolute Gasteiger partial charge is 0.326 e. The van der Waals surface area contributed by atoms with E-state index in [1.165, 1.54) is 12.1 Å². The first-order valence-corrected chi connectivity index (χ1v) is 9.64. The summed E-state index contributed by atoms with van der Waals surface area (Å²) in [5, 5.41) is 11.4. The number of hydrogen-bond acceptors (Lipinski definition) is 5. The van der Waals surface area contributed by atoms with Gasteiger partial charge in [-0.2, -0.15) is 0 Å². The number of hydrogen-bond donors (Lipinski definition) is 3. The quantitative estimate of drug-likeness (QED) is 0.494. The maximum Gasteiger partial charge on any atom is 0.326 e. The van der Waals surface area contributed by atoms with Crippen molar-refractivity contribution in [3.05, 3.63) is 36.4 Å². The Morgan fingerprint density at radius 1 is 1.27 bits per heavy atom. The summed E-state index contributed by atoms with van der Waals surface area (Å²) in [4.78, 5) is 22.9. The van der Waals surface area contributed by atoms with Crippen LogP contribution in [0, 0.1) is 0 Å². The molecule has 0 heterocycles. The summed E-state index contributed by atoms with van der Waals surface area (Å²) >= 11 is 0. The molecule has 0 saturated heterocycles. The zero-order valence-electron chi connectivity index (χ0n) is 14.8. The van der Waals surface area contributed by atoms with Gasteiger partial charge in [0.2, 0.25) is 15.9 Å². The van der Waals surface area contributed by atoms with E-state index in [0.717, 1.165) is 0 Å². The molecular weight excluding hydrogens is 360 g/mol. The third-order valence-corrected chi connectivity index (χ3v) is 4.81. The lowest BCUT2D eigenvalue weighted by molar-refractivity contribution is -0.141. The van der Waals surface area contributed by atoms with Gasteiger partial charge in [0.05, 0.1) is 11.5 Å². The van der Waals surface area contributed by atoms with Crippen LogP contribution in [0.15, 0.2) is 41.3 Å². The average Bonchev–Trinajstić information content (AvgIpc) is 2.59. The van der Waals surface area contributed by atoms with Gasteiger partial charge in [-0.1, -0.05) is 12.2 Å². The minimum absolute atomic E-state index is 0.0536. The Morgan fingerprint density at radius 3 is 2.46 bits per heavy atom. The Labute approximate surface area is 153 Å². The van der Waals surface area contributed by atoms with Gasteiger partial charge in [-0.05, 0) is 44.5 Å². The molecule has 9 heteroatoms. The summed E-state index contributed by atoms with van der Waals surface area (Å²) in [6.45, 7) is 3.91. The minimum atomic E-state index is -3.76. The summed E-state index contributed by atoms with van der Waals surface area (Å²) in [6.07, 6.45) is 3.31. The normalized spacial score (nSPS) is 12.7. The molecule has 0 saturated carbocycles. The predicted octanol–water partition coefficient (Wildman–Crippen LogP) is 1.29. The summed E-state index contributed by atoms with van der Waals surface area (Å²) in [5.41, 5.74) is 0. The second kappa shape index (κ2) is 10.6. The van der Waals surface area contributed by atoms with Crippen LogP contribution >= 0.6 is 0 Å². The van der Waals surface area contributed by atoms with Crippen molar-refractivity contribution < 1.29 is 27.9 Å². The van der Waals surface area contributed by atoms with Crippen LogP contribution in [0.1, 0.15) is 26.7 Å². The minimum Gasteiger partial charge on any atom is -0.494 e. The highest BCUT2D eigenvalue weighted by atomic mass is 32.2. The number of carbonyl (C=O) groups excluding carboxylic acids is 1. The molecule has 0 fully saturated rings. The summed E-state index contributed by atoms with van der Waals surface area (Å²) in [5.74, 6) is -1.13. The van der Waals surface area contributed by atoms with Gasteiger partial charge in [0.15, 0.2) is 0 Å². The Kier molecular flexibility index (Phi) is 8.80. The van der Waals surface area contributed by atoms with Crippen molar-refractivity contribution in [3.8, 4) is 5.75 Å². The van der Waals surface area contributed by atoms with Crippen LogP contribution in [-0.2, 0) is 19.6 Å². The second-order valence-corrected chi connectivity index (χ2v) is 7.08. The van der Waals surface area contributed by atoms with Crippen molar-refractivity contribution in [3.63, 3.8) is 0 Å². The zero-order chi connectivity index (χ0) is 19.6. The van der Waals surface area contributed by atoms with Gasteiger partial charge >= 0.3 is 5.97 Å². The lowest BCUT2D eigenvalue weighted by Gasteiger charge is -2.13. The molecule has 1 aromatic rings. The zero-order valence-corrected chi connectivity index (χ0v) is 15.6. The number of rotatable bonds is 11. The van der Waals surface area contributed by atoms with Crippen LogP contribution in [0.2, 0.25) is 0 Å². The Morgan fingerprint density at radius 2 is 1.92 bits per heavy atom. The Balaban J connectivity index is 2.54. The second-order valence-electron chi connectivity index (χ2n) is 5.32. The molecule has 1 unspecified atom stereocenters. The molecule has 26 heavy (non-hydrogen) atoms. The van der Waals surface area contributed by atoms with Crippen LogP contribution in [0.25, 0.3) is 0 Å². The highest BCUT2D eigenvalue weighted by Gasteiger charge is 2.19. The van der Waals surface area contributed by atoms with Gasteiger partial charge in [0, 0.05) is 13.0 Å². The molecule has 1 rings (SSSR count). The number of ether oxygens (including phenoxy) is 1. The van der Waals surface area contributed by atoms with Gasteiger partial charge < -0.3 is 15.2 Å². The fourth-order valence-electron chi connectivity index (χ4n) is 2.02. The molecule has 1 aromatic carbocycles. The van der Waals surface area contributed by atoms with E-state index in [2.05, 4.69) is 10.0 Å². The molecular formula is C17H24N2O6S. The predicted molar refractivity (Wildman–Crippen MR) is 96.4 cm³/mol. The Hall–Kier alpha value is -2.39. The summed E-state index contributed by atoms with van der Waals surface area (Å²) in [7, 11) is -3.76. The molecule has 1 atom stereocenters. The van der Waals surface area contributed by atoms with Gasteiger partial charge in [0.25, 0.3) is 0 Å². The summed E-state index contributed by atoms with van der Waals surface area (Å²) in [6, 6.07) is 4.87. The monoisotopic (exact) mass is 384 g/mol. The molecule has 8 nitrogen and oxygen atoms in total. The van der Waals surface area contributed by atoms with Crippen molar-refractivity contribution in [2.45, 2.75) is 37.6 Å². The van der Waals surface area contributed by atoms with E-state index in [1.807, 2.05) is 6.92 Å². The van der Waals surface area contributed by atoms with E-state index in [4.69, 9.17) is 9.84 Å². The maximum absolute atomic E-state index is 12.2. The summed E-state index contributed by atoms with van der Waals surface area (Å²) < 4.78 is 31.9. The first-order valence-electron chi connectivity index (χ1n) is 8.16. The van der Waals surface area contributed by atoms with Crippen molar-refractivity contribution in [2.75, 3.05) is 13.2 Å². The molecule has 0 aromatic heterocycles.